The van der Waals surface area contributed by atoms with Gasteiger partial charge in [-0.15, -0.1) is 0 Å². The van der Waals surface area contributed by atoms with Gasteiger partial charge in [-0.2, -0.15) is 0 Å². The number of aliphatic carboxylic acids is 1. The fourth-order valence-electron chi connectivity index (χ4n) is 16.5. The Hall–Kier alpha value is -2.46. The molecule has 10 rings (SSSR count). The second-order valence-corrected chi connectivity index (χ2v) is 32.8. The quantitative estimate of drug-likeness (QED) is 0.0214. The van der Waals surface area contributed by atoms with E-state index in [2.05, 4.69) is 21.2 Å². The van der Waals surface area contributed by atoms with E-state index in [9.17, 15) is 153 Å². The van der Waals surface area contributed by atoms with E-state index in [0.29, 0.717) is 0 Å². The number of amides is 1. The van der Waals surface area contributed by atoms with Gasteiger partial charge in [-0.1, -0.05) is 43.6 Å². The third kappa shape index (κ3) is 21.3. The molecule has 31 N–H and O–H groups in total. The van der Waals surface area contributed by atoms with E-state index in [-0.39, 0.29) is 5.33 Å². The number of halogens is 1. The first kappa shape index (κ1) is 102. The van der Waals surface area contributed by atoms with Crippen molar-refractivity contribution in [3.63, 3.8) is 0 Å². The maximum atomic E-state index is 12.8. The highest BCUT2D eigenvalue weighted by molar-refractivity contribution is 9.09. The summed E-state index contributed by atoms with van der Waals surface area (Å²) >= 11 is 3.03. The molecule has 10 aliphatic heterocycles. The summed E-state index contributed by atoms with van der Waals surface area (Å²) < 4.78 is 114. The van der Waals surface area contributed by atoms with Crippen molar-refractivity contribution in [3.05, 3.63) is 0 Å². The fraction of sp³-hybridized carbons (Fsp3) is 0.971. The molecule has 1 amide bonds. The van der Waals surface area contributed by atoms with Gasteiger partial charge in [-0.3, -0.25) is 4.79 Å². The van der Waals surface area contributed by atoms with Crippen LogP contribution in [0.15, 0.2) is 0 Å². The highest BCUT2D eigenvalue weighted by atomic mass is 79.9. The van der Waals surface area contributed by atoms with Crippen LogP contribution in [0.4, 0.5) is 0 Å². The molecule has 0 aromatic carbocycles. The molecule has 10 aliphatic rings. The van der Waals surface area contributed by atoms with E-state index in [1.807, 2.05) is 0 Å². The zero-order valence-corrected chi connectivity index (χ0v) is 67.9. The summed E-state index contributed by atoms with van der Waals surface area (Å²) in [6.45, 7) is -2.52. The van der Waals surface area contributed by atoms with Gasteiger partial charge in [0.05, 0.1) is 119 Å². The van der Waals surface area contributed by atoms with Gasteiger partial charge >= 0.3 is 5.97 Å². The summed E-state index contributed by atoms with van der Waals surface area (Å²) in [7, 11) is 0. The van der Waals surface area contributed by atoms with E-state index < -0.39 is 396 Å². The first-order valence-electron chi connectivity index (χ1n) is 39.7. The van der Waals surface area contributed by atoms with Crippen molar-refractivity contribution in [3.8, 4) is 0 Å². The molecule has 710 valence electrons. The van der Waals surface area contributed by atoms with Gasteiger partial charge in [0.1, 0.15) is 177 Å². The van der Waals surface area contributed by atoms with Crippen LogP contribution in [0.25, 0.3) is 0 Å². The Labute approximate surface area is 702 Å². The summed E-state index contributed by atoms with van der Waals surface area (Å²) in [5.74, 6) is -12.5. The number of hydrogen-bond donors (Lipinski definition) is 30. The molecule has 0 radical (unpaired) electrons. The highest BCUT2D eigenvalue weighted by Crippen LogP contribution is 2.44. The summed E-state index contributed by atoms with van der Waals surface area (Å²) in [4.78, 5) is 25.2. The Morgan fingerprint density at radius 2 is 0.779 bits per heavy atom. The lowest BCUT2D eigenvalue weighted by atomic mass is 9.87. The van der Waals surface area contributed by atoms with Crippen LogP contribution in [0.5, 0.6) is 0 Å². The maximum absolute atomic E-state index is 12.8. The molecule has 52 heteroatoms. The van der Waals surface area contributed by atoms with Gasteiger partial charge in [-0.25, -0.2) is 4.79 Å². The van der Waals surface area contributed by atoms with Crippen molar-refractivity contribution in [2.24, 2.45) is 35.3 Å². The third-order valence-corrected chi connectivity index (χ3v) is 24.7. The average molecular weight is 1850 g/mol. The maximum Gasteiger partial charge on any atom is 0.364 e. The summed E-state index contributed by atoms with van der Waals surface area (Å²) in [5.41, 5.74) is 5.95. The number of carboxylic acids is 1. The normalized spacial score (nSPS) is 50.7. The predicted octanol–water partition coefficient (Wildman–Crippen LogP) is -17.4. The monoisotopic (exact) mass is 1850 g/mol. The van der Waals surface area contributed by atoms with Gasteiger partial charge in [0.2, 0.25) is 5.91 Å². The van der Waals surface area contributed by atoms with E-state index in [4.69, 9.17) is 95.7 Å². The van der Waals surface area contributed by atoms with Crippen LogP contribution < -0.4 is 11.1 Å². The van der Waals surface area contributed by atoms with Crippen LogP contribution in [0, 0.1) is 29.6 Å². The fourth-order valence-corrected chi connectivity index (χ4v) is 16.6. The largest absolute Gasteiger partial charge is 0.477 e. The number of alkyl halides is 1. The number of carbonyl (C=O) groups is 2. The Morgan fingerprint density at radius 1 is 0.410 bits per heavy atom. The molecule has 10 saturated heterocycles. The number of rotatable bonds is 33. The van der Waals surface area contributed by atoms with Crippen LogP contribution in [0.3, 0.4) is 0 Å². The number of hydrogen-bond acceptors (Lipinski definition) is 49. The molecular formula is C70H119BrN2O49. The molecule has 0 aliphatic carbocycles. The second kappa shape index (κ2) is 43.7. The van der Waals surface area contributed by atoms with E-state index in [1.54, 1.807) is 0 Å². The van der Waals surface area contributed by atoms with Gasteiger partial charge in [0.15, 0.2) is 56.6 Å². The lowest BCUT2D eigenvalue weighted by Crippen LogP contribution is -2.68. The molecule has 51 nitrogen and oxygen atoms in total. The number of aliphatic hydroxyl groups excluding tert-OH is 27. The standard InChI is InChI=1S/C70H119BrN2O49/c1-17-35(85)51(27(12-78)106-59(17)73-32(84)7-71)114-61-18(2)36(86)54(30(15-81)110-61)117-66-50(100)56(43(93)31(113-66)16-104-67-57(46(96)41(91)25(10-76)108-67)119-62-19(3)38(88)53(29(14-80)111-62)116-65-49(99)45(95)40(90)24(9-75)107-65)118-68-58(47(97)42(92)26(11-77)109-68)120-63-20(4)37(87)52(28(13-79)112-63)115-64-48(98)44(94)33(21(5)105-64)60(101)122-70(69(102)103)6-22(82)34(72)55(121-70)39(89)23(83)8-74/h17-31,33-68,74-83,85-101H,6-16,72H2,1-5H3,(H,73,84)(H,102,103)/t17-,18-,19?,20-,21?,22+,23+,24?,25?,26+,27?,28?,29-,30?,31?,33-,34+,35?,36?,37?,38?,39+,40-,41+,42+,43+,44?,45?,46?,47?,48-,49-,50+,51+,52+,53+,54+,55?,56?,57+,58?,59+,60?,61-,62-,63-,64-,65-,66-,67-,68+,70-/m0/s1. The van der Waals surface area contributed by atoms with Crippen LogP contribution in [0.1, 0.15) is 41.0 Å². The number of nitrogens with one attached hydrogen (secondary N) is 1. The van der Waals surface area contributed by atoms with Gasteiger partial charge < -0.3 is 244 Å². The Bertz CT molecular complexity index is 3220. The lowest BCUT2D eigenvalue weighted by Gasteiger charge is -2.51. The van der Waals surface area contributed by atoms with Crippen LogP contribution in [-0.2, 0) is 99.6 Å². The molecule has 0 aromatic heterocycles. The Kier molecular flexibility index (Phi) is 36.4. The molecule has 0 aromatic rings. The molecule has 0 spiro atoms. The number of aliphatic hydroxyl groups is 27. The van der Waals surface area contributed by atoms with Crippen LogP contribution in [0.2, 0.25) is 0 Å². The highest BCUT2D eigenvalue weighted by Gasteiger charge is 2.63. The van der Waals surface area contributed by atoms with Crippen molar-refractivity contribution < 1.29 is 243 Å². The van der Waals surface area contributed by atoms with Gasteiger partial charge in [0, 0.05) is 30.1 Å². The third-order valence-electron chi connectivity index (χ3n) is 24.2. The summed E-state index contributed by atoms with van der Waals surface area (Å²) in [5, 5.41) is 313. The molecule has 0 bridgehead atoms. The molecule has 122 heavy (non-hydrogen) atoms. The van der Waals surface area contributed by atoms with Crippen molar-refractivity contribution >= 4 is 27.8 Å². The summed E-state index contributed by atoms with van der Waals surface area (Å²) in [6.07, 6.45) is -87.5. The molecule has 0 saturated carbocycles. The molecule has 52 atom stereocenters. The minimum absolute atomic E-state index is 0.149. The van der Waals surface area contributed by atoms with Crippen molar-refractivity contribution in [1.29, 1.82) is 0 Å². The number of ether oxygens (including phenoxy) is 19. The minimum Gasteiger partial charge on any atom is -0.477 e. The van der Waals surface area contributed by atoms with Crippen molar-refractivity contribution in [2.45, 2.75) is 329 Å². The van der Waals surface area contributed by atoms with Crippen molar-refractivity contribution in [1.82, 2.24) is 5.32 Å². The SMILES string of the molecule is CC1C(O)[C@H](O[C@@H]2OC(CO)[C@H](O)C(O)[C@@H]2O)[C@H](CO)O[C@H]1O[C@@H]1C(O)[C@H](O)C(CO)O[C@@H]1OCC1O[C@@H](O[C@@H]2C(CO)O[C@@H](O[C@@H]3C(CO)O[C@@H](NC(=O)CBr)[C@@H](C)C3O)[C@@H](C)C2O)[C@H](O)C(O[C@H]2O[C@H](CO)[C@@H](O)C(O)C2O[C@@H]2OC(CO)[C@@H](O[C@@H]3OC(C)[C@H](C(O)O[C@]4(C(=O)O)C[C@@H](O)[C@@H](N)C([C@H](O)[C@H](O)CO)O4)C(O)[C@@H]3O)C(O)[C@@H]2C)[C@@H]1O. The van der Waals surface area contributed by atoms with Crippen LogP contribution >= 0.6 is 15.9 Å². The summed E-state index contributed by atoms with van der Waals surface area (Å²) in [6, 6.07) is -1.60. The smallest absolute Gasteiger partial charge is 0.364 e. The number of carbonyl (C=O) groups excluding carboxylic acids is 1. The zero-order chi connectivity index (χ0) is 90.0. The predicted molar refractivity (Wildman–Crippen MR) is 386 cm³/mol. The van der Waals surface area contributed by atoms with Crippen molar-refractivity contribution in [2.75, 3.05) is 64.8 Å². The Morgan fingerprint density at radius 3 is 1.23 bits per heavy atom. The minimum atomic E-state index is -3.09. The molecule has 10 heterocycles. The van der Waals surface area contributed by atoms with E-state index in [1.165, 1.54) is 34.6 Å². The molecule has 10 fully saturated rings. The van der Waals surface area contributed by atoms with E-state index >= 15 is 0 Å². The first-order chi connectivity index (χ1) is 57.6. The Balaban J connectivity index is 0.895. The zero-order valence-electron chi connectivity index (χ0n) is 66.3. The first-order valence-corrected chi connectivity index (χ1v) is 40.9. The second-order valence-electron chi connectivity index (χ2n) is 32.2. The number of carboxylic acid groups (broad SMARTS) is 1. The topological polar surface area (TPSA) is 814 Å². The van der Waals surface area contributed by atoms with Gasteiger partial charge in [-0.05, 0) is 6.92 Å². The lowest BCUT2D eigenvalue weighted by molar-refractivity contribution is -0.403. The molecular weight excluding hydrogens is 1730 g/mol. The molecule has 20 unspecified atom stereocenters. The van der Waals surface area contributed by atoms with Gasteiger partial charge in [0.25, 0.3) is 5.79 Å². The average Bonchev–Trinajstić information content (AvgIpc) is 0.753. The van der Waals surface area contributed by atoms with Crippen LogP contribution in [-0.4, -0.2) is 508 Å². The number of nitrogens with two attached hydrogens (primary N) is 1. The van der Waals surface area contributed by atoms with E-state index in [0.717, 1.165) is 0 Å².